The molecule has 0 aliphatic carbocycles. The lowest BCUT2D eigenvalue weighted by atomic mass is 9.99. The van der Waals surface area contributed by atoms with Gasteiger partial charge in [-0.25, -0.2) is 9.18 Å². The van der Waals surface area contributed by atoms with Gasteiger partial charge in [-0.05, 0) is 17.5 Å². The van der Waals surface area contributed by atoms with Gasteiger partial charge in [-0.1, -0.05) is 24.3 Å². The van der Waals surface area contributed by atoms with Crippen molar-refractivity contribution in [2.24, 2.45) is 0 Å². The third kappa shape index (κ3) is 3.92. The molecule has 3 rings (SSSR count). The molecule has 0 aromatic heterocycles. The normalized spacial score (nSPS) is 22.6. The predicted molar refractivity (Wildman–Crippen MR) is 90.8 cm³/mol. The van der Waals surface area contributed by atoms with E-state index < -0.39 is 18.2 Å². The molecule has 0 unspecified atom stereocenters. The largest absolute Gasteiger partial charge is 0.383 e. The predicted octanol–water partition coefficient (Wildman–Crippen LogP) is 1.34. The third-order valence-corrected chi connectivity index (χ3v) is 4.82. The Kier molecular flexibility index (Phi) is 5.53. The zero-order chi connectivity index (χ0) is 17.8. The number of halogens is 1. The Balaban J connectivity index is 1.66. The molecule has 136 valence electrons. The summed E-state index contributed by atoms with van der Waals surface area (Å²) in [4.78, 5) is 28.3. The number of likely N-dealkylation sites (tertiary alicyclic amines) is 1. The standard InChI is InChI=1S/C18H24FN3O3/c1-25-9-7-20-18(24)22-12-15(19)10-16(22)17(23)21-8-6-13-4-2-3-5-14(13)11-21/h2-5,15-16H,6-12H2,1H3,(H,20,24)/t15-,16-/m0/s1. The van der Waals surface area contributed by atoms with Crippen molar-refractivity contribution in [3.63, 3.8) is 0 Å². The number of urea groups is 1. The fourth-order valence-electron chi connectivity index (χ4n) is 3.50. The number of hydrogen-bond acceptors (Lipinski definition) is 3. The van der Waals surface area contributed by atoms with Gasteiger partial charge in [0.1, 0.15) is 12.2 Å². The molecule has 1 saturated heterocycles. The van der Waals surface area contributed by atoms with Gasteiger partial charge in [-0.15, -0.1) is 0 Å². The van der Waals surface area contributed by atoms with Crippen molar-refractivity contribution in [1.82, 2.24) is 15.1 Å². The summed E-state index contributed by atoms with van der Waals surface area (Å²) in [6.45, 7) is 1.78. The number of ether oxygens (including phenoxy) is 1. The summed E-state index contributed by atoms with van der Waals surface area (Å²) >= 11 is 0. The molecule has 2 atom stereocenters. The van der Waals surface area contributed by atoms with Gasteiger partial charge in [0, 0.05) is 33.2 Å². The number of nitrogens with zero attached hydrogens (tertiary/aromatic N) is 2. The van der Waals surface area contributed by atoms with Gasteiger partial charge < -0.3 is 19.9 Å². The first-order valence-electron chi connectivity index (χ1n) is 8.63. The molecule has 6 nitrogen and oxygen atoms in total. The summed E-state index contributed by atoms with van der Waals surface area (Å²) in [6.07, 6.45) is -0.318. The van der Waals surface area contributed by atoms with Gasteiger partial charge in [-0.2, -0.15) is 0 Å². The van der Waals surface area contributed by atoms with Gasteiger partial charge in [0.05, 0.1) is 13.2 Å². The van der Waals surface area contributed by atoms with E-state index in [1.807, 2.05) is 18.2 Å². The average molecular weight is 349 g/mol. The first kappa shape index (κ1) is 17.7. The highest BCUT2D eigenvalue weighted by molar-refractivity contribution is 5.88. The smallest absolute Gasteiger partial charge is 0.318 e. The quantitative estimate of drug-likeness (QED) is 0.835. The minimum atomic E-state index is -1.17. The number of benzene rings is 1. The monoisotopic (exact) mass is 349 g/mol. The Morgan fingerprint density at radius 3 is 2.84 bits per heavy atom. The van der Waals surface area contributed by atoms with Crippen molar-refractivity contribution >= 4 is 11.9 Å². The van der Waals surface area contributed by atoms with Gasteiger partial charge in [0.2, 0.25) is 5.91 Å². The number of carbonyl (C=O) groups is 2. The van der Waals surface area contributed by atoms with E-state index in [9.17, 15) is 14.0 Å². The Morgan fingerprint density at radius 2 is 2.08 bits per heavy atom. The molecule has 0 bridgehead atoms. The van der Waals surface area contributed by atoms with E-state index in [0.29, 0.717) is 26.2 Å². The van der Waals surface area contributed by atoms with Gasteiger partial charge >= 0.3 is 6.03 Å². The number of amides is 3. The molecule has 25 heavy (non-hydrogen) atoms. The second-order valence-corrected chi connectivity index (χ2v) is 6.50. The van der Waals surface area contributed by atoms with Crippen LogP contribution in [0, 0.1) is 0 Å². The molecule has 0 radical (unpaired) electrons. The Labute approximate surface area is 146 Å². The topological polar surface area (TPSA) is 61.9 Å². The molecule has 3 amide bonds. The fraction of sp³-hybridized carbons (Fsp3) is 0.556. The molecular formula is C18H24FN3O3. The second kappa shape index (κ2) is 7.82. The number of methoxy groups -OCH3 is 1. The maximum Gasteiger partial charge on any atom is 0.318 e. The van der Waals surface area contributed by atoms with Crippen molar-refractivity contribution in [3.05, 3.63) is 35.4 Å². The SMILES string of the molecule is COCCNC(=O)N1C[C@@H](F)C[C@H]1C(=O)N1CCc2ccccc2C1. The summed E-state index contributed by atoms with van der Waals surface area (Å²) < 4.78 is 18.8. The van der Waals surface area contributed by atoms with Crippen LogP contribution in [0.4, 0.5) is 9.18 Å². The first-order valence-corrected chi connectivity index (χ1v) is 8.63. The Hall–Kier alpha value is -2.15. The van der Waals surface area contributed by atoms with E-state index in [0.717, 1.165) is 12.0 Å². The average Bonchev–Trinajstić information content (AvgIpc) is 3.02. The first-order chi connectivity index (χ1) is 12.1. The van der Waals surface area contributed by atoms with Crippen LogP contribution in [0.15, 0.2) is 24.3 Å². The molecule has 2 heterocycles. The highest BCUT2D eigenvalue weighted by atomic mass is 19.1. The molecule has 1 fully saturated rings. The van der Waals surface area contributed by atoms with Crippen molar-refractivity contribution < 1.29 is 18.7 Å². The Bertz CT molecular complexity index is 640. The molecule has 2 aliphatic heterocycles. The lowest BCUT2D eigenvalue weighted by Crippen LogP contribution is -2.51. The zero-order valence-electron chi connectivity index (χ0n) is 14.4. The lowest BCUT2D eigenvalue weighted by molar-refractivity contribution is -0.136. The van der Waals surface area contributed by atoms with Crippen LogP contribution >= 0.6 is 0 Å². The van der Waals surface area contributed by atoms with Crippen LogP contribution in [0.25, 0.3) is 0 Å². The third-order valence-electron chi connectivity index (χ3n) is 4.82. The minimum absolute atomic E-state index is 0.0420. The number of alkyl halides is 1. The summed E-state index contributed by atoms with van der Waals surface area (Å²) in [5.74, 6) is -0.170. The van der Waals surface area contributed by atoms with E-state index in [-0.39, 0.29) is 18.9 Å². The van der Waals surface area contributed by atoms with Crippen LogP contribution in [0.2, 0.25) is 0 Å². The summed E-state index contributed by atoms with van der Waals surface area (Å²) in [7, 11) is 1.54. The maximum atomic E-state index is 13.9. The number of hydrogen-bond donors (Lipinski definition) is 1. The Morgan fingerprint density at radius 1 is 1.32 bits per heavy atom. The minimum Gasteiger partial charge on any atom is -0.383 e. The van der Waals surface area contributed by atoms with Crippen molar-refractivity contribution in [2.45, 2.75) is 31.6 Å². The summed E-state index contributed by atoms with van der Waals surface area (Å²) in [5, 5.41) is 2.67. The second-order valence-electron chi connectivity index (χ2n) is 6.50. The van der Waals surface area contributed by atoms with Crippen LogP contribution in [0.3, 0.4) is 0 Å². The molecule has 0 spiro atoms. The van der Waals surface area contributed by atoms with E-state index in [1.54, 1.807) is 12.0 Å². The number of rotatable bonds is 4. The maximum absolute atomic E-state index is 13.9. The van der Waals surface area contributed by atoms with Crippen LogP contribution < -0.4 is 5.32 Å². The van der Waals surface area contributed by atoms with E-state index in [4.69, 9.17) is 4.74 Å². The van der Waals surface area contributed by atoms with Crippen LogP contribution in [-0.2, 0) is 22.5 Å². The van der Waals surface area contributed by atoms with Gasteiger partial charge in [-0.3, -0.25) is 4.79 Å². The number of fused-ring (bicyclic) bond motifs is 1. The molecule has 7 heteroatoms. The molecular weight excluding hydrogens is 325 g/mol. The molecule has 1 aromatic carbocycles. The highest BCUT2D eigenvalue weighted by Gasteiger charge is 2.42. The van der Waals surface area contributed by atoms with Gasteiger partial charge in [0.15, 0.2) is 0 Å². The molecule has 1 aromatic rings. The zero-order valence-corrected chi connectivity index (χ0v) is 14.4. The summed E-state index contributed by atoms with van der Waals surface area (Å²) in [5.41, 5.74) is 2.36. The van der Waals surface area contributed by atoms with Gasteiger partial charge in [0.25, 0.3) is 0 Å². The van der Waals surface area contributed by atoms with Crippen LogP contribution in [0.5, 0.6) is 0 Å². The summed E-state index contributed by atoms with van der Waals surface area (Å²) in [6, 6.07) is 6.88. The van der Waals surface area contributed by atoms with Crippen molar-refractivity contribution in [1.29, 1.82) is 0 Å². The number of carbonyl (C=O) groups excluding carboxylic acids is 2. The van der Waals surface area contributed by atoms with Crippen molar-refractivity contribution in [2.75, 3.05) is 33.4 Å². The van der Waals surface area contributed by atoms with Crippen molar-refractivity contribution in [3.8, 4) is 0 Å². The fourth-order valence-corrected chi connectivity index (χ4v) is 3.50. The van der Waals surface area contributed by atoms with E-state index >= 15 is 0 Å². The molecule has 2 aliphatic rings. The lowest BCUT2D eigenvalue weighted by Gasteiger charge is -2.33. The molecule has 0 saturated carbocycles. The van der Waals surface area contributed by atoms with Crippen LogP contribution in [-0.4, -0.2) is 67.3 Å². The van der Waals surface area contributed by atoms with Crippen LogP contribution in [0.1, 0.15) is 17.5 Å². The van der Waals surface area contributed by atoms with E-state index in [1.165, 1.54) is 10.5 Å². The highest BCUT2D eigenvalue weighted by Crippen LogP contribution is 2.25. The van der Waals surface area contributed by atoms with E-state index in [2.05, 4.69) is 11.4 Å². The number of nitrogens with one attached hydrogen (secondary N) is 1. The molecule has 1 N–H and O–H groups in total.